The first kappa shape index (κ1) is 17.4. The second-order valence-corrected chi connectivity index (χ2v) is 6.62. The van der Waals surface area contributed by atoms with E-state index in [-0.39, 0.29) is 0 Å². The molecule has 0 bridgehead atoms. The molecule has 0 fully saturated rings. The highest BCUT2D eigenvalue weighted by Gasteiger charge is 1.89. The highest BCUT2D eigenvalue weighted by molar-refractivity contribution is 14.1. The molecular weight excluding hydrogens is 474 g/mol. The summed E-state index contributed by atoms with van der Waals surface area (Å²) in [7, 11) is 0. The van der Waals surface area contributed by atoms with Gasteiger partial charge in [0, 0.05) is 7.14 Å². The minimum absolute atomic E-state index is 0.511. The Kier molecular flexibility index (Phi) is 8.82. The number of hydrogen-bond acceptors (Lipinski definition) is 2. The van der Waals surface area contributed by atoms with Gasteiger partial charge in [0.2, 0.25) is 0 Å². The molecule has 0 aromatic heterocycles. The molecule has 0 aliphatic carbocycles. The van der Waals surface area contributed by atoms with Crippen molar-refractivity contribution in [2.45, 2.75) is 12.8 Å². The van der Waals surface area contributed by atoms with Crippen LogP contribution in [0.5, 0.6) is 0 Å². The summed E-state index contributed by atoms with van der Waals surface area (Å²) in [6, 6.07) is 18.5. The fourth-order valence-electron chi connectivity index (χ4n) is 1.51. The van der Waals surface area contributed by atoms with Crippen molar-refractivity contribution in [1.82, 2.24) is 0 Å². The van der Waals surface area contributed by atoms with E-state index in [4.69, 9.17) is 11.0 Å². The van der Waals surface area contributed by atoms with Gasteiger partial charge in [-0.3, -0.25) is 0 Å². The predicted molar refractivity (Wildman–Crippen MR) is 100 cm³/mol. The predicted octanol–water partition coefficient (Wildman–Crippen LogP) is 4.15. The van der Waals surface area contributed by atoms with Crippen molar-refractivity contribution in [3.63, 3.8) is 0 Å². The fraction of sp³-hybridized carbons (Fsp3) is 0.188. The highest BCUT2D eigenvalue weighted by Crippen LogP contribution is 2.07. The van der Waals surface area contributed by atoms with E-state index in [1.54, 1.807) is 0 Å². The average molecular weight is 490 g/mol. The van der Waals surface area contributed by atoms with Gasteiger partial charge in [0.05, 0.1) is 12.5 Å². The van der Waals surface area contributed by atoms with E-state index in [1.165, 1.54) is 12.7 Å². The molecule has 0 saturated carbocycles. The number of halogens is 2. The first-order valence-corrected chi connectivity index (χ1v) is 8.37. The molecule has 0 unspecified atom stereocenters. The Morgan fingerprint density at radius 2 is 1.30 bits per heavy atom. The van der Waals surface area contributed by atoms with Gasteiger partial charge < -0.3 is 5.73 Å². The fourth-order valence-corrected chi connectivity index (χ4v) is 2.23. The van der Waals surface area contributed by atoms with Crippen LogP contribution in [0.4, 0.5) is 0 Å². The summed E-state index contributed by atoms with van der Waals surface area (Å²) in [6.07, 6.45) is 1.49. The molecule has 0 aliphatic rings. The third-order valence-corrected chi connectivity index (χ3v) is 3.98. The minimum atomic E-state index is 0.511. The largest absolute Gasteiger partial charge is 0.330 e. The first-order chi connectivity index (χ1) is 9.65. The Balaban J connectivity index is 0.000000200. The standard InChI is InChI=1S/C8H10IN.C8H6IN/c2*9-8-3-1-7(2-4-8)5-6-10/h1-4H,5-6,10H2;1-4H,5H2. The van der Waals surface area contributed by atoms with Gasteiger partial charge in [-0.2, -0.15) is 5.26 Å². The summed E-state index contributed by atoms with van der Waals surface area (Å²) >= 11 is 4.54. The van der Waals surface area contributed by atoms with Crippen molar-refractivity contribution in [1.29, 1.82) is 5.26 Å². The molecule has 0 radical (unpaired) electrons. The third-order valence-electron chi connectivity index (χ3n) is 2.54. The van der Waals surface area contributed by atoms with Crippen molar-refractivity contribution < 1.29 is 0 Å². The zero-order chi connectivity index (χ0) is 14.8. The van der Waals surface area contributed by atoms with E-state index in [0.717, 1.165) is 18.5 Å². The Labute approximate surface area is 147 Å². The molecule has 2 nitrogen and oxygen atoms in total. The van der Waals surface area contributed by atoms with Gasteiger partial charge in [0.1, 0.15) is 0 Å². The summed E-state index contributed by atoms with van der Waals surface area (Å²) in [5.74, 6) is 0. The van der Waals surface area contributed by atoms with Crippen LogP contribution in [0.3, 0.4) is 0 Å². The van der Waals surface area contributed by atoms with Crippen molar-refractivity contribution in [3.05, 3.63) is 66.8 Å². The number of rotatable bonds is 3. The van der Waals surface area contributed by atoms with E-state index in [1.807, 2.05) is 24.3 Å². The van der Waals surface area contributed by atoms with Gasteiger partial charge in [-0.15, -0.1) is 0 Å². The molecule has 0 aliphatic heterocycles. The van der Waals surface area contributed by atoms with Crippen LogP contribution >= 0.6 is 45.2 Å². The van der Waals surface area contributed by atoms with E-state index in [9.17, 15) is 0 Å². The van der Waals surface area contributed by atoms with Crippen LogP contribution in [0, 0.1) is 18.5 Å². The summed E-state index contributed by atoms with van der Waals surface area (Å²) in [5, 5.41) is 8.34. The van der Waals surface area contributed by atoms with Gasteiger partial charge in [-0.1, -0.05) is 24.3 Å². The van der Waals surface area contributed by atoms with E-state index < -0.39 is 0 Å². The number of hydrogen-bond donors (Lipinski definition) is 1. The number of nitrogens with two attached hydrogens (primary N) is 1. The Bertz CT molecular complexity index is 542. The number of benzene rings is 2. The SMILES string of the molecule is N#CCc1ccc(I)cc1.NCCc1ccc(I)cc1. The maximum atomic E-state index is 8.34. The molecule has 0 heterocycles. The van der Waals surface area contributed by atoms with Gasteiger partial charge in [0.15, 0.2) is 0 Å². The molecular formula is C16H16I2N2. The lowest BCUT2D eigenvalue weighted by atomic mass is 10.2. The Morgan fingerprint density at radius 1 is 0.850 bits per heavy atom. The smallest absolute Gasteiger partial charge is 0.0669 e. The molecule has 2 aromatic rings. The van der Waals surface area contributed by atoms with E-state index in [2.05, 4.69) is 75.5 Å². The number of nitriles is 1. The summed E-state index contributed by atoms with van der Waals surface area (Å²) in [4.78, 5) is 0. The first-order valence-electron chi connectivity index (χ1n) is 6.21. The zero-order valence-electron chi connectivity index (χ0n) is 11.0. The van der Waals surface area contributed by atoms with Gasteiger partial charge in [0.25, 0.3) is 0 Å². The zero-order valence-corrected chi connectivity index (χ0v) is 15.3. The van der Waals surface area contributed by atoms with Gasteiger partial charge >= 0.3 is 0 Å². The van der Waals surface area contributed by atoms with Crippen LogP contribution in [-0.2, 0) is 12.8 Å². The minimum Gasteiger partial charge on any atom is -0.330 e. The maximum absolute atomic E-state index is 8.34. The van der Waals surface area contributed by atoms with Crippen LogP contribution < -0.4 is 5.73 Å². The molecule has 4 heteroatoms. The lowest BCUT2D eigenvalue weighted by Gasteiger charge is -1.96. The van der Waals surface area contributed by atoms with Crippen LogP contribution in [-0.4, -0.2) is 6.54 Å². The maximum Gasteiger partial charge on any atom is 0.0669 e. The van der Waals surface area contributed by atoms with E-state index >= 15 is 0 Å². The molecule has 2 N–H and O–H groups in total. The quantitative estimate of drug-likeness (QED) is 0.658. The Hall–Kier alpha value is -0.650. The monoisotopic (exact) mass is 490 g/mol. The highest BCUT2D eigenvalue weighted by atomic mass is 127. The molecule has 0 spiro atoms. The van der Waals surface area contributed by atoms with Crippen LogP contribution in [0.2, 0.25) is 0 Å². The Morgan fingerprint density at radius 3 is 1.70 bits per heavy atom. The van der Waals surface area contributed by atoms with Gasteiger partial charge in [-0.25, -0.2) is 0 Å². The molecule has 104 valence electrons. The summed E-state index contributed by atoms with van der Waals surface area (Å²) in [6.45, 7) is 0.737. The van der Waals surface area contributed by atoms with Crippen LogP contribution in [0.1, 0.15) is 11.1 Å². The normalized spacial score (nSPS) is 9.30. The topological polar surface area (TPSA) is 49.8 Å². The average Bonchev–Trinajstić information content (AvgIpc) is 2.45. The number of nitrogens with zero attached hydrogens (tertiary/aromatic N) is 1. The summed E-state index contributed by atoms with van der Waals surface area (Å²) in [5.41, 5.74) is 7.80. The van der Waals surface area contributed by atoms with Crippen molar-refractivity contribution >= 4 is 45.2 Å². The summed E-state index contributed by atoms with van der Waals surface area (Å²) < 4.78 is 2.48. The van der Waals surface area contributed by atoms with Crippen molar-refractivity contribution in [2.24, 2.45) is 5.73 Å². The second kappa shape index (κ2) is 10.1. The van der Waals surface area contributed by atoms with E-state index in [0.29, 0.717) is 6.42 Å². The molecule has 0 amide bonds. The van der Waals surface area contributed by atoms with Gasteiger partial charge in [-0.05, 0) is 93.5 Å². The van der Waals surface area contributed by atoms with Crippen molar-refractivity contribution in [3.8, 4) is 6.07 Å². The molecule has 0 saturated heterocycles. The third kappa shape index (κ3) is 7.22. The van der Waals surface area contributed by atoms with Crippen LogP contribution in [0.15, 0.2) is 48.5 Å². The molecule has 2 aromatic carbocycles. The molecule has 2 rings (SSSR count). The van der Waals surface area contributed by atoms with Crippen molar-refractivity contribution in [2.75, 3.05) is 6.54 Å². The lowest BCUT2D eigenvalue weighted by Crippen LogP contribution is -2.02. The molecule has 0 atom stereocenters. The molecule has 20 heavy (non-hydrogen) atoms. The lowest BCUT2D eigenvalue weighted by molar-refractivity contribution is 0.968. The second-order valence-electron chi connectivity index (χ2n) is 4.13. The van der Waals surface area contributed by atoms with Crippen LogP contribution in [0.25, 0.3) is 0 Å².